The molecule has 0 aliphatic carbocycles. The van der Waals surface area contributed by atoms with Crippen LogP contribution in [0, 0.1) is 0 Å². The summed E-state index contributed by atoms with van der Waals surface area (Å²) < 4.78 is 5.96. The smallest absolute Gasteiger partial charge is 0.124 e. The van der Waals surface area contributed by atoms with Gasteiger partial charge < -0.3 is 10.1 Å². The maximum Gasteiger partial charge on any atom is 0.124 e. The van der Waals surface area contributed by atoms with Gasteiger partial charge in [0.1, 0.15) is 5.75 Å². The van der Waals surface area contributed by atoms with Crippen LogP contribution in [0.5, 0.6) is 5.75 Å². The molecule has 1 aromatic rings. The average molecular weight is 295 g/mol. The van der Waals surface area contributed by atoms with Crippen LogP contribution in [0.3, 0.4) is 0 Å². The van der Waals surface area contributed by atoms with Crippen molar-refractivity contribution < 1.29 is 4.74 Å². The van der Waals surface area contributed by atoms with E-state index in [4.69, 9.17) is 4.74 Å². The van der Waals surface area contributed by atoms with Gasteiger partial charge in [0, 0.05) is 17.4 Å². The summed E-state index contributed by atoms with van der Waals surface area (Å²) in [4.78, 5) is 0. The van der Waals surface area contributed by atoms with Gasteiger partial charge in [0.25, 0.3) is 0 Å². The number of ether oxygens (including phenoxy) is 1. The molecule has 20 heavy (non-hydrogen) atoms. The first-order valence-electron chi connectivity index (χ1n) is 7.65. The Hall–Kier alpha value is -0.670. The van der Waals surface area contributed by atoms with Crippen LogP contribution in [0.1, 0.15) is 52.6 Å². The first kappa shape index (κ1) is 17.4. The Morgan fingerprint density at radius 2 is 1.85 bits per heavy atom. The highest BCUT2D eigenvalue weighted by Gasteiger charge is 2.16. The van der Waals surface area contributed by atoms with Crippen LogP contribution in [0.4, 0.5) is 0 Å². The molecule has 0 saturated carbocycles. The van der Waals surface area contributed by atoms with E-state index < -0.39 is 0 Å². The van der Waals surface area contributed by atoms with Crippen LogP contribution in [0.2, 0.25) is 0 Å². The molecule has 1 aromatic carbocycles. The van der Waals surface area contributed by atoms with Gasteiger partial charge in [-0.2, -0.15) is 11.8 Å². The summed E-state index contributed by atoms with van der Waals surface area (Å²) in [5, 5.41) is 4.31. The molecule has 0 fully saturated rings. The molecule has 0 aliphatic rings. The summed E-state index contributed by atoms with van der Waals surface area (Å²) >= 11 is 1.99. The second-order valence-corrected chi connectivity index (χ2v) is 7.20. The van der Waals surface area contributed by atoms with E-state index in [0.717, 1.165) is 24.5 Å². The van der Waals surface area contributed by atoms with E-state index in [1.165, 1.54) is 5.56 Å². The molecule has 0 saturated heterocycles. The van der Waals surface area contributed by atoms with Crippen molar-refractivity contribution in [2.75, 3.05) is 12.3 Å². The van der Waals surface area contributed by atoms with Gasteiger partial charge in [-0.25, -0.2) is 0 Å². The zero-order valence-electron chi connectivity index (χ0n) is 13.5. The van der Waals surface area contributed by atoms with Crippen molar-refractivity contribution in [3.8, 4) is 5.75 Å². The van der Waals surface area contributed by atoms with Crippen molar-refractivity contribution >= 4 is 11.8 Å². The van der Waals surface area contributed by atoms with Crippen LogP contribution in [-0.2, 0) is 0 Å². The summed E-state index contributed by atoms with van der Waals surface area (Å²) in [7, 11) is 0. The molecule has 0 radical (unpaired) electrons. The van der Waals surface area contributed by atoms with Crippen LogP contribution >= 0.6 is 11.8 Å². The van der Waals surface area contributed by atoms with Gasteiger partial charge in [0.2, 0.25) is 0 Å². The third-order valence-corrected chi connectivity index (χ3v) is 4.09. The van der Waals surface area contributed by atoms with E-state index in [1.54, 1.807) is 0 Å². The summed E-state index contributed by atoms with van der Waals surface area (Å²) in [5.41, 5.74) is 1.28. The van der Waals surface area contributed by atoms with Gasteiger partial charge in [-0.1, -0.05) is 39.0 Å². The van der Waals surface area contributed by atoms with Crippen molar-refractivity contribution in [1.29, 1.82) is 0 Å². The predicted octanol–water partition coefficient (Wildman–Crippen LogP) is 4.66. The third-order valence-electron chi connectivity index (χ3n) is 2.89. The molecule has 0 spiro atoms. The molecule has 0 amide bonds. The third kappa shape index (κ3) is 6.19. The molecule has 0 aromatic heterocycles. The lowest BCUT2D eigenvalue weighted by atomic mass is 10.1. The lowest BCUT2D eigenvalue weighted by Crippen LogP contribution is -2.25. The Morgan fingerprint density at radius 1 is 1.15 bits per heavy atom. The van der Waals surface area contributed by atoms with Crippen LogP contribution < -0.4 is 10.1 Å². The van der Waals surface area contributed by atoms with E-state index in [-0.39, 0.29) is 6.10 Å². The largest absolute Gasteiger partial charge is 0.491 e. The fourth-order valence-corrected chi connectivity index (χ4v) is 2.87. The molecule has 1 rings (SSSR count). The predicted molar refractivity (Wildman–Crippen MR) is 90.8 cm³/mol. The van der Waals surface area contributed by atoms with E-state index in [2.05, 4.69) is 58.1 Å². The number of rotatable bonds is 9. The molecule has 3 heteroatoms. The van der Waals surface area contributed by atoms with E-state index >= 15 is 0 Å². The second-order valence-electron chi connectivity index (χ2n) is 5.59. The molecule has 0 aliphatic heterocycles. The van der Waals surface area contributed by atoms with Gasteiger partial charge in [0.05, 0.1) is 6.10 Å². The molecular formula is C17H29NOS. The Bertz CT molecular complexity index is 379. The summed E-state index contributed by atoms with van der Waals surface area (Å²) in [6.45, 7) is 11.9. The number of para-hydroxylation sites is 1. The Morgan fingerprint density at radius 3 is 2.45 bits per heavy atom. The Kier molecular flexibility index (Phi) is 8.08. The van der Waals surface area contributed by atoms with Gasteiger partial charge in [-0.05, 0) is 38.1 Å². The zero-order chi connectivity index (χ0) is 15.0. The van der Waals surface area contributed by atoms with Crippen molar-refractivity contribution in [2.24, 2.45) is 0 Å². The molecular weight excluding hydrogens is 266 g/mol. The van der Waals surface area contributed by atoms with Crippen molar-refractivity contribution in [3.05, 3.63) is 29.8 Å². The van der Waals surface area contributed by atoms with Gasteiger partial charge >= 0.3 is 0 Å². The van der Waals surface area contributed by atoms with Crippen molar-refractivity contribution in [3.63, 3.8) is 0 Å². The highest BCUT2D eigenvalue weighted by Crippen LogP contribution is 2.29. The fraction of sp³-hybridized carbons (Fsp3) is 0.647. The zero-order valence-corrected chi connectivity index (χ0v) is 14.3. The molecule has 2 nitrogen and oxygen atoms in total. The molecule has 1 N–H and O–H groups in total. The van der Waals surface area contributed by atoms with Gasteiger partial charge in [0.15, 0.2) is 0 Å². The average Bonchev–Trinajstić information content (AvgIpc) is 2.39. The van der Waals surface area contributed by atoms with E-state index in [1.807, 2.05) is 17.8 Å². The molecule has 0 bridgehead atoms. The topological polar surface area (TPSA) is 21.3 Å². The lowest BCUT2D eigenvalue weighted by Gasteiger charge is -2.23. The first-order chi connectivity index (χ1) is 9.54. The second kappa shape index (κ2) is 9.30. The van der Waals surface area contributed by atoms with Crippen LogP contribution in [-0.4, -0.2) is 23.7 Å². The summed E-state index contributed by atoms with van der Waals surface area (Å²) in [6, 6.07) is 8.77. The fourth-order valence-electron chi connectivity index (χ4n) is 2.00. The Balaban J connectivity index is 2.87. The number of nitrogens with one attached hydrogen (secondary N) is 1. The molecule has 114 valence electrons. The van der Waals surface area contributed by atoms with Crippen LogP contribution in [0.25, 0.3) is 0 Å². The lowest BCUT2D eigenvalue weighted by molar-refractivity contribution is 0.238. The maximum absolute atomic E-state index is 5.96. The minimum absolute atomic E-state index is 0.209. The van der Waals surface area contributed by atoms with Crippen molar-refractivity contribution in [1.82, 2.24) is 5.32 Å². The molecule has 1 atom stereocenters. The minimum atomic E-state index is 0.209. The summed E-state index contributed by atoms with van der Waals surface area (Å²) in [5.74, 6) is 2.09. The summed E-state index contributed by atoms with van der Waals surface area (Å²) in [6.07, 6.45) is 1.36. The highest BCUT2D eigenvalue weighted by molar-refractivity contribution is 7.99. The standard InChI is InChI=1S/C17H29NOS/c1-6-11-18-16(12-20-14(4)5)15-9-7-8-10-17(15)19-13(2)3/h7-10,13-14,16,18H,6,11-12H2,1-5H3. The van der Waals surface area contributed by atoms with Crippen LogP contribution in [0.15, 0.2) is 24.3 Å². The quantitative estimate of drug-likeness (QED) is 0.716. The molecule has 0 heterocycles. The van der Waals surface area contributed by atoms with Gasteiger partial charge in [-0.15, -0.1) is 0 Å². The van der Waals surface area contributed by atoms with Crippen molar-refractivity contribution in [2.45, 2.75) is 58.4 Å². The molecule has 1 unspecified atom stereocenters. The first-order valence-corrected chi connectivity index (χ1v) is 8.70. The highest BCUT2D eigenvalue weighted by atomic mass is 32.2. The monoisotopic (exact) mass is 295 g/mol. The normalized spacial score (nSPS) is 12.9. The SMILES string of the molecule is CCCNC(CSC(C)C)c1ccccc1OC(C)C. The Labute approximate surface area is 128 Å². The van der Waals surface area contributed by atoms with E-state index in [0.29, 0.717) is 11.3 Å². The number of thioether (sulfide) groups is 1. The number of hydrogen-bond donors (Lipinski definition) is 1. The van der Waals surface area contributed by atoms with Gasteiger partial charge in [-0.3, -0.25) is 0 Å². The number of hydrogen-bond acceptors (Lipinski definition) is 3. The number of benzene rings is 1. The minimum Gasteiger partial charge on any atom is -0.491 e. The maximum atomic E-state index is 5.96. The van der Waals surface area contributed by atoms with E-state index in [9.17, 15) is 0 Å².